The molecule has 0 atom stereocenters. The number of aryl methyl sites for hydroxylation is 1. The minimum Gasteiger partial charge on any atom is -0.494 e. The quantitative estimate of drug-likeness (QED) is 0.467. The number of imidazole rings is 1. The second-order valence-electron chi connectivity index (χ2n) is 6.71. The molecule has 9 heteroatoms. The van der Waals surface area contributed by atoms with Crippen LogP contribution in [-0.2, 0) is 6.42 Å². The van der Waals surface area contributed by atoms with Gasteiger partial charge in [-0.05, 0) is 42.3 Å². The van der Waals surface area contributed by atoms with Crippen LogP contribution in [0, 0.1) is 11.6 Å². The lowest BCUT2D eigenvalue weighted by atomic mass is 10.0. The summed E-state index contributed by atoms with van der Waals surface area (Å²) < 4.78 is 35.2. The summed E-state index contributed by atoms with van der Waals surface area (Å²) in [7, 11) is 1.27. The molecule has 2 N–H and O–H groups in total. The van der Waals surface area contributed by atoms with E-state index in [1.54, 1.807) is 22.7 Å². The Morgan fingerprint density at radius 1 is 1.19 bits per heavy atom. The normalized spacial score (nSPS) is 11.0. The molecule has 0 saturated heterocycles. The largest absolute Gasteiger partial charge is 0.494 e. The average Bonchev–Trinajstić information content (AvgIpc) is 3.20. The van der Waals surface area contributed by atoms with Crippen LogP contribution in [0.5, 0.6) is 5.75 Å². The Bertz CT molecular complexity index is 1300. The van der Waals surface area contributed by atoms with Gasteiger partial charge in [0.25, 0.3) is 0 Å². The fourth-order valence-electron chi connectivity index (χ4n) is 3.40. The SMILES string of the molecule is CCc1cc(Nc2nccn3c(-c4ccc(OC)c(F)c4F)cnc23)ccc1C(=O)O. The van der Waals surface area contributed by atoms with Gasteiger partial charge in [-0.1, -0.05) is 6.92 Å². The third-order valence-corrected chi connectivity index (χ3v) is 4.95. The molecule has 0 spiro atoms. The molecule has 31 heavy (non-hydrogen) atoms. The van der Waals surface area contributed by atoms with Crippen molar-refractivity contribution in [2.45, 2.75) is 13.3 Å². The number of hydrogen-bond acceptors (Lipinski definition) is 5. The molecule has 2 heterocycles. The number of fused-ring (bicyclic) bond motifs is 1. The molecule has 0 saturated carbocycles. The molecule has 2 aromatic heterocycles. The summed E-state index contributed by atoms with van der Waals surface area (Å²) in [6, 6.07) is 7.67. The molecule has 7 nitrogen and oxygen atoms in total. The number of carboxylic acid groups (broad SMARTS) is 1. The monoisotopic (exact) mass is 424 g/mol. The van der Waals surface area contributed by atoms with Gasteiger partial charge in [0.1, 0.15) is 0 Å². The highest BCUT2D eigenvalue weighted by Gasteiger charge is 2.19. The van der Waals surface area contributed by atoms with Crippen LogP contribution < -0.4 is 10.1 Å². The minimum absolute atomic E-state index is 0.0297. The third kappa shape index (κ3) is 3.54. The number of nitrogens with zero attached hydrogens (tertiary/aromatic N) is 3. The van der Waals surface area contributed by atoms with Crippen LogP contribution in [0.2, 0.25) is 0 Å². The number of benzene rings is 2. The lowest BCUT2D eigenvalue weighted by Crippen LogP contribution is -2.04. The Kier molecular flexibility index (Phi) is 5.24. The van der Waals surface area contributed by atoms with E-state index in [4.69, 9.17) is 4.74 Å². The number of rotatable bonds is 6. The number of anilines is 2. The van der Waals surface area contributed by atoms with Gasteiger partial charge in [0.15, 0.2) is 23.0 Å². The van der Waals surface area contributed by atoms with Crippen LogP contribution in [0.4, 0.5) is 20.3 Å². The molecule has 0 bridgehead atoms. The van der Waals surface area contributed by atoms with E-state index in [0.29, 0.717) is 34.8 Å². The van der Waals surface area contributed by atoms with Crippen molar-refractivity contribution in [3.63, 3.8) is 0 Å². The summed E-state index contributed by atoms with van der Waals surface area (Å²) in [6.07, 6.45) is 5.07. The van der Waals surface area contributed by atoms with Crippen LogP contribution in [-0.4, -0.2) is 32.6 Å². The van der Waals surface area contributed by atoms with E-state index in [-0.39, 0.29) is 16.9 Å². The van der Waals surface area contributed by atoms with Crippen molar-refractivity contribution in [1.29, 1.82) is 0 Å². The Morgan fingerprint density at radius 3 is 2.71 bits per heavy atom. The van der Waals surface area contributed by atoms with Gasteiger partial charge < -0.3 is 15.2 Å². The standard InChI is InChI=1S/C22H18F2N4O3/c1-3-12-10-13(4-5-14(12)22(29)30)27-20-21-26-11-16(28(21)9-8-25-20)15-6-7-17(31-2)19(24)18(15)23/h4-11H,3H2,1-2H3,(H,25,27)(H,29,30). The molecule has 0 unspecified atom stereocenters. The molecule has 2 aromatic carbocycles. The van der Waals surface area contributed by atoms with E-state index < -0.39 is 17.6 Å². The van der Waals surface area contributed by atoms with E-state index in [2.05, 4.69) is 15.3 Å². The molecule has 0 aliphatic rings. The highest BCUT2D eigenvalue weighted by Crippen LogP contribution is 2.31. The number of methoxy groups -OCH3 is 1. The second kappa shape index (κ2) is 8.02. The summed E-state index contributed by atoms with van der Waals surface area (Å²) >= 11 is 0. The fraction of sp³-hybridized carbons (Fsp3) is 0.136. The lowest BCUT2D eigenvalue weighted by molar-refractivity contribution is 0.0695. The number of aromatic carboxylic acids is 1. The van der Waals surface area contributed by atoms with Crippen molar-refractivity contribution in [1.82, 2.24) is 14.4 Å². The Balaban J connectivity index is 1.76. The van der Waals surface area contributed by atoms with E-state index in [0.717, 1.165) is 0 Å². The first kappa shape index (κ1) is 20.3. The number of carboxylic acids is 1. The van der Waals surface area contributed by atoms with Crippen LogP contribution in [0.15, 0.2) is 48.9 Å². The first-order chi connectivity index (χ1) is 14.9. The molecule has 0 aliphatic carbocycles. The maximum absolute atomic E-state index is 14.6. The zero-order valence-electron chi connectivity index (χ0n) is 16.7. The van der Waals surface area contributed by atoms with Crippen molar-refractivity contribution in [2.75, 3.05) is 12.4 Å². The molecule has 0 amide bonds. The number of nitrogens with one attached hydrogen (secondary N) is 1. The van der Waals surface area contributed by atoms with E-state index in [9.17, 15) is 18.7 Å². The number of ether oxygens (including phenoxy) is 1. The zero-order valence-corrected chi connectivity index (χ0v) is 16.7. The Morgan fingerprint density at radius 2 is 2.00 bits per heavy atom. The van der Waals surface area contributed by atoms with Gasteiger partial charge in [0.05, 0.1) is 24.6 Å². The van der Waals surface area contributed by atoms with Crippen LogP contribution in [0.3, 0.4) is 0 Å². The third-order valence-electron chi connectivity index (χ3n) is 4.95. The number of hydrogen-bond donors (Lipinski definition) is 2. The van der Waals surface area contributed by atoms with Crippen LogP contribution in [0.25, 0.3) is 16.9 Å². The van der Waals surface area contributed by atoms with Gasteiger partial charge in [-0.3, -0.25) is 4.40 Å². The molecular weight excluding hydrogens is 406 g/mol. The first-order valence-corrected chi connectivity index (χ1v) is 9.42. The number of aromatic nitrogens is 3. The molecule has 4 rings (SSSR count). The van der Waals surface area contributed by atoms with Gasteiger partial charge in [-0.2, -0.15) is 4.39 Å². The molecule has 158 valence electrons. The van der Waals surface area contributed by atoms with Crippen molar-refractivity contribution < 1.29 is 23.4 Å². The molecular formula is C22H18F2N4O3. The second-order valence-corrected chi connectivity index (χ2v) is 6.71. The smallest absolute Gasteiger partial charge is 0.335 e. The summed E-state index contributed by atoms with van der Waals surface area (Å²) in [4.78, 5) is 20.0. The minimum atomic E-state index is -1.08. The Hall–Kier alpha value is -4.01. The maximum Gasteiger partial charge on any atom is 0.335 e. The highest BCUT2D eigenvalue weighted by atomic mass is 19.2. The number of carbonyl (C=O) groups is 1. The fourth-order valence-corrected chi connectivity index (χ4v) is 3.40. The summed E-state index contributed by atoms with van der Waals surface area (Å²) in [5, 5.41) is 12.4. The van der Waals surface area contributed by atoms with Crippen molar-refractivity contribution in [3.05, 3.63) is 71.7 Å². The highest BCUT2D eigenvalue weighted by molar-refractivity contribution is 5.90. The van der Waals surface area contributed by atoms with Gasteiger partial charge in [-0.25, -0.2) is 19.2 Å². The van der Waals surface area contributed by atoms with Crippen molar-refractivity contribution >= 4 is 23.1 Å². The van der Waals surface area contributed by atoms with E-state index >= 15 is 0 Å². The first-order valence-electron chi connectivity index (χ1n) is 9.42. The topological polar surface area (TPSA) is 88.8 Å². The van der Waals surface area contributed by atoms with Crippen molar-refractivity contribution in [2.24, 2.45) is 0 Å². The predicted molar refractivity (Wildman–Crippen MR) is 111 cm³/mol. The van der Waals surface area contributed by atoms with Crippen LogP contribution in [0.1, 0.15) is 22.8 Å². The summed E-state index contributed by atoms with van der Waals surface area (Å²) in [5.74, 6) is -2.91. The Labute approximate surface area is 176 Å². The molecule has 0 aliphatic heterocycles. The van der Waals surface area contributed by atoms with E-state index in [1.165, 1.54) is 37.7 Å². The van der Waals surface area contributed by atoms with E-state index in [1.807, 2.05) is 6.92 Å². The molecule has 4 aromatic rings. The van der Waals surface area contributed by atoms with Gasteiger partial charge in [0, 0.05) is 23.6 Å². The summed E-state index contributed by atoms with van der Waals surface area (Å²) in [5.41, 5.74) is 2.31. The molecule has 0 fully saturated rings. The van der Waals surface area contributed by atoms with Crippen molar-refractivity contribution in [3.8, 4) is 17.0 Å². The van der Waals surface area contributed by atoms with Gasteiger partial charge in [-0.15, -0.1) is 0 Å². The molecule has 0 radical (unpaired) electrons. The predicted octanol–water partition coefficient (Wildman–Crippen LogP) is 4.69. The van der Waals surface area contributed by atoms with Gasteiger partial charge in [0.2, 0.25) is 5.82 Å². The maximum atomic E-state index is 14.6. The number of halogens is 2. The summed E-state index contributed by atoms with van der Waals surface area (Å²) in [6.45, 7) is 1.87. The lowest BCUT2D eigenvalue weighted by Gasteiger charge is -2.11. The van der Waals surface area contributed by atoms with Gasteiger partial charge >= 0.3 is 5.97 Å². The average molecular weight is 424 g/mol. The van der Waals surface area contributed by atoms with Crippen LogP contribution >= 0.6 is 0 Å². The zero-order chi connectivity index (χ0) is 22.1.